The van der Waals surface area contributed by atoms with Crippen LogP contribution in [0.3, 0.4) is 0 Å². The molecule has 3 N–H and O–H groups in total. The van der Waals surface area contributed by atoms with E-state index >= 15 is 0 Å². The van der Waals surface area contributed by atoms with Gasteiger partial charge in [-0.15, -0.1) is 0 Å². The van der Waals surface area contributed by atoms with E-state index in [1.807, 2.05) is 4.90 Å². The fourth-order valence-corrected chi connectivity index (χ4v) is 2.96. The summed E-state index contributed by atoms with van der Waals surface area (Å²) in [5.41, 5.74) is 5.46. The van der Waals surface area contributed by atoms with Crippen molar-refractivity contribution in [2.24, 2.45) is 11.7 Å². The molecule has 0 radical (unpaired) electrons. The first-order valence-corrected chi connectivity index (χ1v) is 7.96. The molecule has 0 bridgehead atoms. The van der Waals surface area contributed by atoms with Gasteiger partial charge in [0.1, 0.15) is 5.75 Å². The standard InChI is InChI=1S/C15H19Cl2N3O2/c16-11-2-3-13(12(17)9-11)22-14(21)4-1-10-5-7-20(8-6-10)15(18)19/h2-3,9-10H,1,4-8H2,(H3,18,19). The number of nitrogens with one attached hydrogen (secondary N) is 1. The van der Waals surface area contributed by atoms with Crippen LogP contribution >= 0.6 is 23.2 Å². The number of benzene rings is 1. The number of nitrogens with zero attached hydrogens (tertiary/aromatic N) is 1. The van der Waals surface area contributed by atoms with Crippen molar-refractivity contribution in [1.82, 2.24) is 4.90 Å². The molecular weight excluding hydrogens is 325 g/mol. The second-order valence-electron chi connectivity index (χ2n) is 5.40. The van der Waals surface area contributed by atoms with Crippen LogP contribution < -0.4 is 10.5 Å². The van der Waals surface area contributed by atoms with E-state index in [1.165, 1.54) is 0 Å². The van der Waals surface area contributed by atoms with Crippen LogP contribution in [-0.2, 0) is 4.79 Å². The molecule has 0 aromatic heterocycles. The van der Waals surface area contributed by atoms with Gasteiger partial charge in [-0.1, -0.05) is 23.2 Å². The Morgan fingerprint density at radius 3 is 2.64 bits per heavy atom. The Kier molecular flexibility index (Phi) is 5.91. The Labute approximate surface area is 139 Å². The average molecular weight is 344 g/mol. The molecule has 22 heavy (non-hydrogen) atoms. The van der Waals surface area contributed by atoms with Crippen LogP contribution in [0.5, 0.6) is 5.75 Å². The molecule has 7 heteroatoms. The van der Waals surface area contributed by atoms with Crippen molar-refractivity contribution in [3.63, 3.8) is 0 Å². The van der Waals surface area contributed by atoms with E-state index in [0.717, 1.165) is 32.4 Å². The van der Waals surface area contributed by atoms with Crippen LogP contribution in [0.1, 0.15) is 25.7 Å². The molecule has 1 aromatic rings. The normalized spacial score (nSPS) is 15.6. The molecule has 1 aromatic carbocycles. The number of esters is 1. The molecule has 1 aliphatic rings. The van der Waals surface area contributed by atoms with Crippen LogP contribution in [-0.4, -0.2) is 29.9 Å². The minimum absolute atomic E-state index is 0.121. The molecule has 0 atom stereocenters. The Bertz CT molecular complexity index is 558. The number of ether oxygens (including phenoxy) is 1. The number of guanidine groups is 1. The van der Waals surface area contributed by atoms with Crippen LogP contribution in [0.2, 0.25) is 10.0 Å². The topological polar surface area (TPSA) is 79.4 Å². The molecule has 0 saturated carbocycles. The molecule has 0 amide bonds. The fourth-order valence-electron chi connectivity index (χ4n) is 2.52. The molecule has 1 heterocycles. The predicted molar refractivity (Wildman–Crippen MR) is 87.5 cm³/mol. The van der Waals surface area contributed by atoms with E-state index in [0.29, 0.717) is 28.1 Å². The lowest BCUT2D eigenvalue weighted by Crippen LogP contribution is -2.42. The van der Waals surface area contributed by atoms with Gasteiger partial charge in [-0.3, -0.25) is 10.2 Å². The first-order valence-electron chi connectivity index (χ1n) is 7.20. The molecule has 5 nitrogen and oxygen atoms in total. The quantitative estimate of drug-likeness (QED) is 0.380. The van der Waals surface area contributed by atoms with Crippen molar-refractivity contribution >= 4 is 35.1 Å². The van der Waals surface area contributed by atoms with E-state index in [4.69, 9.17) is 39.1 Å². The van der Waals surface area contributed by atoms with Crippen LogP contribution in [0.25, 0.3) is 0 Å². The Hall–Kier alpha value is -1.46. The third kappa shape index (κ3) is 4.78. The summed E-state index contributed by atoms with van der Waals surface area (Å²) < 4.78 is 5.26. The molecule has 2 rings (SSSR count). The van der Waals surface area contributed by atoms with Crippen molar-refractivity contribution < 1.29 is 9.53 Å². The molecule has 1 fully saturated rings. The third-order valence-electron chi connectivity index (χ3n) is 3.83. The van der Waals surface area contributed by atoms with Crippen LogP contribution in [0.4, 0.5) is 0 Å². The van der Waals surface area contributed by atoms with Gasteiger partial charge in [-0.2, -0.15) is 0 Å². The van der Waals surface area contributed by atoms with E-state index in [2.05, 4.69) is 0 Å². The van der Waals surface area contributed by atoms with Crippen molar-refractivity contribution in [3.8, 4) is 5.75 Å². The zero-order chi connectivity index (χ0) is 16.1. The monoisotopic (exact) mass is 343 g/mol. The molecule has 0 unspecified atom stereocenters. The summed E-state index contributed by atoms with van der Waals surface area (Å²) in [5.74, 6) is 0.625. The van der Waals surface area contributed by atoms with Gasteiger partial charge in [0.25, 0.3) is 0 Å². The summed E-state index contributed by atoms with van der Waals surface area (Å²) in [6.45, 7) is 1.55. The van der Waals surface area contributed by atoms with Gasteiger partial charge in [-0.25, -0.2) is 0 Å². The molecule has 1 aliphatic heterocycles. The van der Waals surface area contributed by atoms with Gasteiger partial charge in [-0.05, 0) is 43.4 Å². The largest absolute Gasteiger partial charge is 0.425 e. The summed E-state index contributed by atoms with van der Waals surface area (Å²) >= 11 is 11.8. The van der Waals surface area contributed by atoms with Crippen molar-refractivity contribution in [1.29, 1.82) is 5.41 Å². The number of nitrogens with two attached hydrogens (primary N) is 1. The molecule has 0 spiro atoms. The highest BCUT2D eigenvalue weighted by Gasteiger charge is 2.21. The number of halogens is 2. The van der Waals surface area contributed by atoms with E-state index < -0.39 is 0 Å². The number of carbonyl (C=O) groups excluding carboxylic acids is 1. The van der Waals surface area contributed by atoms with E-state index in [9.17, 15) is 4.79 Å². The minimum Gasteiger partial charge on any atom is -0.425 e. The maximum Gasteiger partial charge on any atom is 0.311 e. The Morgan fingerprint density at radius 1 is 1.36 bits per heavy atom. The third-order valence-corrected chi connectivity index (χ3v) is 4.36. The lowest BCUT2D eigenvalue weighted by molar-refractivity contribution is -0.134. The van der Waals surface area contributed by atoms with Gasteiger partial charge < -0.3 is 15.4 Å². The Balaban J connectivity index is 1.75. The van der Waals surface area contributed by atoms with Crippen LogP contribution in [0, 0.1) is 11.3 Å². The van der Waals surface area contributed by atoms with Gasteiger partial charge >= 0.3 is 5.97 Å². The van der Waals surface area contributed by atoms with Gasteiger partial charge in [0, 0.05) is 24.5 Å². The van der Waals surface area contributed by atoms with Crippen LogP contribution in [0.15, 0.2) is 18.2 Å². The predicted octanol–water partition coefficient (Wildman–Crippen LogP) is 3.28. The summed E-state index contributed by atoms with van der Waals surface area (Å²) in [5, 5.41) is 8.22. The fraction of sp³-hybridized carbons (Fsp3) is 0.467. The second kappa shape index (κ2) is 7.70. The van der Waals surface area contributed by atoms with Gasteiger partial charge in [0.15, 0.2) is 5.96 Å². The molecule has 0 aliphatic carbocycles. The number of hydrogen-bond acceptors (Lipinski definition) is 3. The summed E-state index contributed by atoms with van der Waals surface area (Å²) in [6.07, 6.45) is 3.00. The summed E-state index contributed by atoms with van der Waals surface area (Å²) in [6, 6.07) is 4.77. The zero-order valence-corrected chi connectivity index (χ0v) is 13.7. The molecular formula is C15H19Cl2N3O2. The maximum atomic E-state index is 11.9. The first kappa shape index (κ1) is 16.9. The minimum atomic E-state index is -0.293. The number of piperidine rings is 1. The highest BCUT2D eigenvalue weighted by molar-refractivity contribution is 6.35. The van der Waals surface area contributed by atoms with Gasteiger partial charge in [0.05, 0.1) is 5.02 Å². The maximum absolute atomic E-state index is 11.9. The number of carbonyl (C=O) groups is 1. The SMILES string of the molecule is N=C(N)N1CCC(CCC(=O)Oc2ccc(Cl)cc2Cl)CC1. The lowest BCUT2D eigenvalue weighted by Gasteiger charge is -2.31. The number of likely N-dealkylation sites (tertiary alicyclic amines) is 1. The summed E-state index contributed by atoms with van der Waals surface area (Å²) in [7, 11) is 0. The second-order valence-corrected chi connectivity index (χ2v) is 6.25. The average Bonchev–Trinajstić information content (AvgIpc) is 2.48. The molecule has 120 valence electrons. The van der Waals surface area contributed by atoms with Crippen molar-refractivity contribution in [2.75, 3.05) is 13.1 Å². The van der Waals surface area contributed by atoms with Crippen molar-refractivity contribution in [3.05, 3.63) is 28.2 Å². The molecule has 1 saturated heterocycles. The summed E-state index contributed by atoms with van der Waals surface area (Å²) in [4.78, 5) is 13.7. The first-order chi connectivity index (χ1) is 10.5. The van der Waals surface area contributed by atoms with E-state index in [-0.39, 0.29) is 11.9 Å². The smallest absolute Gasteiger partial charge is 0.311 e. The number of hydrogen-bond donors (Lipinski definition) is 2. The zero-order valence-electron chi connectivity index (χ0n) is 12.1. The lowest BCUT2D eigenvalue weighted by atomic mass is 9.92. The Morgan fingerprint density at radius 2 is 2.05 bits per heavy atom. The highest BCUT2D eigenvalue weighted by Crippen LogP contribution is 2.28. The highest BCUT2D eigenvalue weighted by atomic mass is 35.5. The van der Waals surface area contributed by atoms with Crippen molar-refractivity contribution in [2.45, 2.75) is 25.7 Å². The van der Waals surface area contributed by atoms with E-state index in [1.54, 1.807) is 18.2 Å². The number of rotatable bonds is 4. The van der Waals surface area contributed by atoms with Gasteiger partial charge in [0.2, 0.25) is 0 Å².